The number of rotatable bonds is 2. The van der Waals surface area contributed by atoms with Crippen LogP contribution < -0.4 is 0 Å². The summed E-state index contributed by atoms with van der Waals surface area (Å²) in [6.45, 7) is 1.61. The van der Waals surface area contributed by atoms with Gasteiger partial charge in [0, 0.05) is 13.1 Å². The zero-order valence-corrected chi connectivity index (χ0v) is 5.86. The van der Waals surface area contributed by atoms with Gasteiger partial charge in [-0.25, -0.2) is 5.06 Å². The zero-order chi connectivity index (χ0) is 7.40. The van der Waals surface area contributed by atoms with Crippen LogP contribution in [-0.4, -0.2) is 35.5 Å². The molecule has 0 bridgehead atoms. The van der Waals surface area contributed by atoms with Gasteiger partial charge in [-0.1, -0.05) is 6.42 Å². The van der Waals surface area contributed by atoms with Crippen LogP contribution in [0.25, 0.3) is 0 Å². The fourth-order valence-electron chi connectivity index (χ4n) is 1.10. The van der Waals surface area contributed by atoms with E-state index in [1.54, 1.807) is 5.06 Å². The van der Waals surface area contributed by atoms with E-state index in [0.717, 1.165) is 25.9 Å². The molecule has 1 rings (SSSR count). The molecule has 0 aromatic heterocycles. The first-order chi connectivity index (χ1) is 4.79. The molecule has 0 aliphatic carbocycles. The second kappa shape index (κ2) is 3.93. The van der Waals surface area contributed by atoms with Crippen molar-refractivity contribution in [2.24, 2.45) is 0 Å². The van der Waals surface area contributed by atoms with Gasteiger partial charge in [0.15, 0.2) is 0 Å². The van der Waals surface area contributed by atoms with Crippen molar-refractivity contribution in [3.8, 4) is 0 Å². The summed E-state index contributed by atoms with van der Waals surface area (Å²) in [4.78, 5) is 0. The molecule has 0 radical (unpaired) electrons. The standard InChI is InChI=1S/C5H12BNO3/c8-6(9)10-7-4-2-1-3-5-7/h8-9H,1-5H2. The third-order valence-electron chi connectivity index (χ3n) is 1.56. The maximum absolute atomic E-state index is 8.40. The predicted octanol–water partition coefficient (Wildman–Crippen LogP) is -0.627. The zero-order valence-electron chi connectivity index (χ0n) is 5.86. The van der Waals surface area contributed by atoms with Gasteiger partial charge in [-0.2, -0.15) is 0 Å². The van der Waals surface area contributed by atoms with Crippen molar-refractivity contribution in [2.45, 2.75) is 19.3 Å². The molecule has 0 atom stereocenters. The molecule has 0 aromatic rings. The Morgan fingerprint density at radius 3 is 2.20 bits per heavy atom. The van der Waals surface area contributed by atoms with Crippen LogP contribution in [0, 0.1) is 0 Å². The molecule has 0 spiro atoms. The molecular weight excluding hydrogens is 133 g/mol. The van der Waals surface area contributed by atoms with E-state index < -0.39 is 7.32 Å². The SMILES string of the molecule is OB(O)ON1CCCCC1. The molecule has 5 heteroatoms. The minimum absolute atomic E-state index is 0.803. The lowest BCUT2D eigenvalue weighted by Gasteiger charge is -2.25. The maximum Gasteiger partial charge on any atom is 0.651 e. The minimum atomic E-state index is -1.65. The molecule has 0 unspecified atom stereocenters. The summed E-state index contributed by atoms with van der Waals surface area (Å²) in [5.41, 5.74) is 0. The Morgan fingerprint density at radius 1 is 1.10 bits per heavy atom. The van der Waals surface area contributed by atoms with E-state index in [2.05, 4.69) is 4.76 Å². The Labute approximate surface area is 60.5 Å². The van der Waals surface area contributed by atoms with Crippen molar-refractivity contribution in [1.82, 2.24) is 5.06 Å². The molecule has 0 amide bonds. The monoisotopic (exact) mass is 145 g/mol. The number of piperidine rings is 1. The molecule has 1 aliphatic rings. The number of hydroxylamine groups is 2. The highest BCUT2D eigenvalue weighted by Crippen LogP contribution is 2.08. The Kier molecular flexibility index (Phi) is 3.14. The van der Waals surface area contributed by atoms with Crippen LogP contribution in [0.4, 0.5) is 0 Å². The van der Waals surface area contributed by atoms with E-state index in [1.807, 2.05) is 0 Å². The minimum Gasteiger partial charge on any atom is -0.401 e. The predicted molar refractivity (Wildman–Crippen MR) is 36.7 cm³/mol. The van der Waals surface area contributed by atoms with Crippen LogP contribution in [0.5, 0.6) is 0 Å². The second-order valence-corrected chi connectivity index (χ2v) is 2.42. The Hall–Kier alpha value is -0.0951. The van der Waals surface area contributed by atoms with E-state index in [0.29, 0.717) is 0 Å². The van der Waals surface area contributed by atoms with Crippen molar-refractivity contribution >= 4 is 7.32 Å². The van der Waals surface area contributed by atoms with Crippen molar-refractivity contribution in [2.75, 3.05) is 13.1 Å². The summed E-state index contributed by atoms with van der Waals surface area (Å²) >= 11 is 0. The summed E-state index contributed by atoms with van der Waals surface area (Å²) in [5.74, 6) is 0. The van der Waals surface area contributed by atoms with Crippen LogP contribution in [0.1, 0.15) is 19.3 Å². The van der Waals surface area contributed by atoms with Gasteiger partial charge in [0.25, 0.3) is 0 Å². The van der Waals surface area contributed by atoms with Gasteiger partial charge in [-0.3, -0.25) is 4.76 Å². The maximum atomic E-state index is 8.40. The van der Waals surface area contributed by atoms with E-state index in [9.17, 15) is 0 Å². The summed E-state index contributed by atoms with van der Waals surface area (Å²) in [6, 6.07) is 0. The summed E-state index contributed by atoms with van der Waals surface area (Å²) in [5, 5.41) is 18.4. The van der Waals surface area contributed by atoms with Crippen LogP contribution in [-0.2, 0) is 4.76 Å². The number of hydrogen-bond acceptors (Lipinski definition) is 4. The molecule has 0 aromatic carbocycles. The average molecular weight is 145 g/mol. The lowest BCUT2D eigenvalue weighted by atomic mass is 10.2. The molecule has 1 heterocycles. The quantitative estimate of drug-likeness (QED) is 0.508. The van der Waals surface area contributed by atoms with Crippen LogP contribution >= 0.6 is 0 Å². The van der Waals surface area contributed by atoms with Crippen molar-refractivity contribution in [1.29, 1.82) is 0 Å². The van der Waals surface area contributed by atoms with E-state index >= 15 is 0 Å². The summed E-state index contributed by atoms with van der Waals surface area (Å²) in [6.07, 6.45) is 3.36. The average Bonchev–Trinajstić information content (AvgIpc) is 1.88. The first kappa shape index (κ1) is 8.01. The van der Waals surface area contributed by atoms with Gasteiger partial charge in [-0.05, 0) is 12.8 Å². The smallest absolute Gasteiger partial charge is 0.401 e. The van der Waals surface area contributed by atoms with Crippen LogP contribution in [0.15, 0.2) is 0 Å². The normalized spacial score (nSPS) is 21.0. The largest absolute Gasteiger partial charge is 0.651 e. The number of nitrogens with zero attached hydrogens (tertiary/aromatic N) is 1. The van der Waals surface area contributed by atoms with Crippen molar-refractivity contribution in [3.05, 3.63) is 0 Å². The molecule has 1 fully saturated rings. The first-order valence-corrected chi connectivity index (χ1v) is 3.57. The fourth-order valence-corrected chi connectivity index (χ4v) is 1.10. The summed E-state index contributed by atoms with van der Waals surface area (Å²) < 4.78 is 4.64. The van der Waals surface area contributed by atoms with Gasteiger partial charge in [0.05, 0.1) is 0 Å². The van der Waals surface area contributed by atoms with Crippen molar-refractivity contribution in [3.63, 3.8) is 0 Å². The third-order valence-corrected chi connectivity index (χ3v) is 1.56. The van der Waals surface area contributed by atoms with Gasteiger partial charge in [-0.15, -0.1) is 0 Å². The van der Waals surface area contributed by atoms with E-state index in [1.165, 1.54) is 6.42 Å². The molecule has 0 saturated carbocycles. The molecule has 1 aliphatic heterocycles. The Morgan fingerprint density at radius 2 is 1.70 bits per heavy atom. The molecule has 10 heavy (non-hydrogen) atoms. The van der Waals surface area contributed by atoms with Crippen molar-refractivity contribution < 1.29 is 14.8 Å². The topological polar surface area (TPSA) is 52.9 Å². The fraction of sp³-hybridized carbons (Fsp3) is 1.00. The molecule has 1 saturated heterocycles. The second-order valence-electron chi connectivity index (χ2n) is 2.42. The van der Waals surface area contributed by atoms with Gasteiger partial charge in [0.2, 0.25) is 0 Å². The van der Waals surface area contributed by atoms with Gasteiger partial charge < -0.3 is 10.0 Å². The number of hydrogen-bond donors (Lipinski definition) is 2. The van der Waals surface area contributed by atoms with E-state index in [-0.39, 0.29) is 0 Å². The molecular formula is C5H12BNO3. The Bertz CT molecular complexity index is 94.9. The lowest BCUT2D eigenvalue weighted by Crippen LogP contribution is -2.36. The molecule has 58 valence electrons. The van der Waals surface area contributed by atoms with Gasteiger partial charge in [0.1, 0.15) is 0 Å². The Balaban J connectivity index is 2.13. The first-order valence-electron chi connectivity index (χ1n) is 3.57. The van der Waals surface area contributed by atoms with E-state index in [4.69, 9.17) is 10.0 Å². The van der Waals surface area contributed by atoms with Crippen LogP contribution in [0.2, 0.25) is 0 Å². The van der Waals surface area contributed by atoms with Crippen LogP contribution in [0.3, 0.4) is 0 Å². The highest BCUT2D eigenvalue weighted by atomic mass is 16.7. The lowest BCUT2D eigenvalue weighted by molar-refractivity contribution is -0.106. The molecule has 4 nitrogen and oxygen atoms in total. The highest BCUT2D eigenvalue weighted by molar-refractivity contribution is 6.32. The third kappa shape index (κ3) is 2.66. The summed E-state index contributed by atoms with van der Waals surface area (Å²) in [7, 11) is -1.65. The molecule has 2 N–H and O–H groups in total. The van der Waals surface area contributed by atoms with Gasteiger partial charge >= 0.3 is 7.32 Å². The highest BCUT2D eigenvalue weighted by Gasteiger charge is 2.17.